The van der Waals surface area contributed by atoms with Gasteiger partial charge < -0.3 is 25.2 Å². The fraction of sp³-hybridized carbons (Fsp3) is 0.600. The summed E-state index contributed by atoms with van der Waals surface area (Å²) in [5, 5.41) is 14.3. The maximum Gasteiger partial charge on any atom is 0.405 e. The number of ether oxygens (including phenoxy) is 2. The van der Waals surface area contributed by atoms with Gasteiger partial charge in [0.1, 0.15) is 6.04 Å². The maximum atomic E-state index is 12.6. The van der Waals surface area contributed by atoms with Crippen LogP contribution in [-0.2, 0) is 20.9 Å². The molecule has 8 heteroatoms. The van der Waals surface area contributed by atoms with E-state index >= 15 is 0 Å². The molecule has 0 bridgehead atoms. The van der Waals surface area contributed by atoms with Crippen LogP contribution in [0.25, 0.3) is 0 Å². The third kappa shape index (κ3) is 7.33. The van der Waals surface area contributed by atoms with Crippen molar-refractivity contribution in [3.05, 3.63) is 35.9 Å². The molecular weight excluding hydrogens is 380 g/mol. The smallest absolute Gasteiger partial charge is 0.405 e. The van der Waals surface area contributed by atoms with Gasteiger partial charge in [-0.25, -0.2) is 4.79 Å². The summed E-state index contributed by atoms with van der Waals surface area (Å²) in [6.45, 7) is 0.554. The Hall–Kier alpha value is -1.77. The number of hydrogen-bond acceptors (Lipinski definition) is 5. The van der Waals surface area contributed by atoms with Crippen LogP contribution in [0.4, 0.5) is 4.79 Å². The Morgan fingerprint density at radius 1 is 1.29 bits per heavy atom. The normalized spacial score (nSPS) is 23.0. The zero-order valence-electron chi connectivity index (χ0n) is 16.4. The molecule has 0 aromatic heterocycles. The quantitative estimate of drug-likeness (QED) is 0.549. The van der Waals surface area contributed by atoms with Gasteiger partial charge >= 0.3 is 6.09 Å². The van der Waals surface area contributed by atoms with Crippen LogP contribution in [0.3, 0.4) is 0 Å². The summed E-state index contributed by atoms with van der Waals surface area (Å²) in [7, 11) is 1.63. The number of carbonyl (C=O) groups excluding carboxylic acids is 1. The summed E-state index contributed by atoms with van der Waals surface area (Å²) >= 11 is 1.58. The summed E-state index contributed by atoms with van der Waals surface area (Å²) in [4.78, 5) is 23.6. The molecule has 1 aromatic rings. The maximum absolute atomic E-state index is 12.6. The highest BCUT2D eigenvalue weighted by atomic mass is 32.2. The molecule has 3 N–H and O–H groups in total. The van der Waals surface area contributed by atoms with E-state index in [-0.39, 0.29) is 24.2 Å². The first-order chi connectivity index (χ1) is 13.5. The number of amides is 2. The molecule has 156 valence electrons. The minimum Gasteiger partial charge on any atom is -0.465 e. The number of rotatable bonds is 10. The number of methoxy groups -OCH3 is 1. The number of carbonyl (C=O) groups is 2. The molecule has 0 heterocycles. The average molecular weight is 411 g/mol. The largest absolute Gasteiger partial charge is 0.465 e. The molecule has 2 rings (SSSR count). The van der Waals surface area contributed by atoms with Crippen LogP contribution < -0.4 is 10.6 Å². The van der Waals surface area contributed by atoms with E-state index in [2.05, 4.69) is 10.6 Å². The second kappa shape index (κ2) is 11.9. The minimum atomic E-state index is -1.19. The predicted molar refractivity (Wildman–Crippen MR) is 110 cm³/mol. The molecule has 7 nitrogen and oxygen atoms in total. The molecule has 28 heavy (non-hydrogen) atoms. The van der Waals surface area contributed by atoms with Gasteiger partial charge in [-0.1, -0.05) is 30.3 Å². The summed E-state index contributed by atoms with van der Waals surface area (Å²) in [5.41, 5.74) is 1.13. The lowest BCUT2D eigenvalue weighted by molar-refractivity contribution is -0.126. The Kier molecular flexibility index (Phi) is 9.60. The minimum absolute atomic E-state index is 0.0720. The lowest BCUT2D eigenvalue weighted by atomic mass is 9.89. The van der Waals surface area contributed by atoms with E-state index in [0.717, 1.165) is 18.4 Å². The monoisotopic (exact) mass is 410 g/mol. The standard InChI is InChI=1S/C20H30N2O5S/c1-26-18-12-15(27-13-14-6-4-3-5-7-14)8-9-16(18)21-19(23)17(10-11-28-2)22-20(24)25/h3-7,15-18,22H,8-13H2,1-2H3,(H,21,23)(H,24,25)/t15-,16-,17+,18+/m1/s1. The predicted octanol–water partition coefficient (Wildman–Crippen LogP) is 2.64. The van der Waals surface area contributed by atoms with E-state index in [1.54, 1.807) is 18.9 Å². The van der Waals surface area contributed by atoms with E-state index in [4.69, 9.17) is 14.6 Å². The zero-order chi connectivity index (χ0) is 20.4. The second-order valence-electron chi connectivity index (χ2n) is 6.90. The van der Waals surface area contributed by atoms with Gasteiger partial charge in [0.2, 0.25) is 5.91 Å². The van der Waals surface area contributed by atoms with Gasteiger partial charge in [0, 0.05) is 13.5 Å². The van der Waals surface area contributed by atoms with Crippen LogP contribution >= 0.6 is 11.8 Å². The highest BCUT2D eigenvalue weighted by Crippen LogP contribution is 2.25. The molecular formula is C20H30N2O5S. The lowest BCUT2D eigenvalue weighted by Crippen LogP contribution is -2.54. The first-order valence-electron chi connectivity index (χ1n) is 9.50. The Morgan fingerprint density at radius 2 is 2.04 bits per heavy atom. The first-order valence-corrected chi connectivity index (χ1v) is 10.9. The van der Waals surface area contributed by atoms with Gasteiger partial charge in [0.05, 0.1) is 24.9 Å². The summed E-state index contributed by atoms with van der Waals surface area (Å²) in [6.07, 6.45) is 3.33. The molecule has 0 unspecified atom stereocenters. The van der Waals surface area contributed by atoms with Crippen LogP contribution in [0.15, 0.2) is 30.3 Å². The Balaban J connectivity index is 1.86. The summed E-state index contributed by atoms with van der Waals surface area (Å²) in [5.74, 6) is 0.402. The summed E-state index contributed by atoms with van der Waals surface area (Å²) in [6, 6.07) is 9.11. The third-order valence-corrected chi connectivity index (χ3v) is 5.57. The van der Waals surface area contributed by atoms with Crippen LogP contribution in [-0.4, -0.2) is 60.5 Å². The van der Waals surface area contributed by atoms with Crippen molar-refractivity contribution in [1.82, 2.24) is 10.6 Å². The molecule has 0 saturated heterocycles. The first kappa shape index (κ1) is 22.5. The lowest BCUT2D eigenvalue weighted by Gasteiger charge is -2.36. The fourth-order valence-electron chi connectivity index (χ4n) is 3.39. The summed E-state index contributed by atoms with van der Waals surface area (Å²) < 4.78 is 11.6. The van der Waals surface area contributed by atoms with Crippen LogP contribution in [0, 0.1) is 0 Å². The van der Waals surface area contributed by atoms with Crippen LogP contribution in [0.2, 0.25) is 0 Å². The molecule has 0 aliphatic heterocycles. The van der Waals surface area contributed by atoms with Gasteiger partial charge in [-0.05, 0) is 36.8 Å². The highest BCUT2D eigenvalue weighted by Gasteiger charge is 2.33. The van der Waals surface area contributed by atoms with Gasteiger partial charge in [-0.2, -0.15) is 11.8 Å². The van der Waals surface area contributed by atoms with E-state index in [0.29, 0.717) is 25.2 Å². The third-order valence-electron chi connectivity index (χ3n) is 4.93. The van der Waals surface area contributed by atoms with Crippen molar-refractivity contribution in [2.24, 2.45) is 0 Å². The Labute approximate surface area is 170 Å². The fourth-order valence-corrected chi connectivity index (χ4v) is 3.87. The number of thioether (sulfide) groups is 1. The van der Waals surface area contributed by atoms with E-state index in [1.165, 1.54) is 0 Å². The molecule has 0 radical (unpaired) electrons. The van der Waals surface area contributed by atoms with Crippen molar-refractivity contribution in [1.29, 1.82) is 0 Å². The van der Waals surface area contributed by atoms with Gasteiger partial charge in [0.25, 0.3) is 0 Å². The molecule has 1 fully saturated rings. The van der Waals surface area contributed by atoms with Gasteiger partial charge in [0.15, 0.2) is 0 Å². The number of carboxylic acid groups (broad SMARTS) is 1. The molecule has 0 spiro atoms. The molecule has 1 saturated carbocycles. The molecule has 1 aliphatic rings. The Morgan fingerprint density at radius 3 is 2.68 bits per heavy atom. The number of benzene rings is 1. The average Bonchev–Trinajstić information content (AvgIpc) is 2.70. The molecule has 2 amide bonds. The van der Waals surface area contributed by atoms with Crippen molar-refractivity contribution in [2.45, 2.75) is 56.6 Å². The van der Waals surface area contributed by atoms with Crippen molar-refractivity contribution in [3.63, 3.8) is 0 Å². The van der Waals surface area contributed by atoms with Crippen LogP contribution in [0.1, 0.15) is 31.2 Å². The molecule has 1 aliphatic carbocycles. The van der Waals surface area contributed by atoms with E-state index in [9.17, 15) is 9.59 Å². The number of hydrogen-bond donors (Lipinski definition) is 3. The van der Waals surface area contributed by atoms with Crippen molar-refractivity contribution in [3.8, 4) is 0 Å². The van der Waals surface area contributed by atoms with Gasteiger partial charge in [-0.15, -0.1) is 0 Å². The molecule has 1 aromatic carbocycles. The molecule has 4 atom stereocenters. The topological polar surface area (TPSA) is 96.9 Å². The number of nitrogens with one attached hydrogen (secondary N) is 2. The van der Waals surface area contributed by atoms with E-state index in [1.807, 2.05) is 36.6 Å². The van der Waals surface area contributed by atoms with Gasteiger partial charge in [-0.3, -0.25) is 4.79 Å². The van der Waals surface area contributed by atoms with Crippen molar-refractivity contribution < 1.29 is 24.2 Å². The van der Waals surface area contributed by atoms with Crippen molar-refractivity contribution in [2.75, 3.05) is 19.1 Å². The van der Waals surface area contributed by atoms with Crippen molar-refractivity contribution >= 4 is 23.8 Å². The highest BCUT2D eigenvalue weighted by molar-refractivity contribution is 7.98. The zero-order valence-corrected chi connectivity index (χ0v) is 17.2. The van der Waals surface area contributed by atoms with Crippen LogP contribution in [0.5, 0.6) is 0 Å². The second-order valence-corrected chi connectivity index (χ2v) is 7.89. The Bertz CT molecular complexity index is 616. The van der Waals surface area contributed by atoms with E-state index < -0.39 is 12.1 Å². The SMILES string of the molecule is CO[C@H]1C[C@H](OCc2ccccc2)CC[C@H]1NC(=O)[C@H](CCSC)NC(=O)O.